The number of imide groups is 1. The molecular weight excluding hydrogens is 304 g/mol. The minimum absolute atomic E-state index is 0.139. The third-order valence-corrected chi connectivity index (χ3v) is 5.28. The second kappa shape index (κ2) is 6.65. The van der Waals surface area contributed by atoms with E-state index in [4.69, 9.17) is 0 Å². The van der Waals surface area contributed by atoms with Crippen LogP contribution in [0.2, 0.25) is 0 Å². The molecule has 2 amide bonds. The van der Waals surface area contributed by atoms with Gasteiger partial charge in [-0.05, 0) is 57.6 Å². The first-order chi connectivity index (χ1) is 11.5. The molecule has 2 N–H and O–H groups in total. The highest BCUT2D eigenvalue weighted by Crippen LogP contribution is 2.39. The summed E-state index contributed by atoms with van der Waals surface area (Å²) in [6.45, 7) is 4.75. The number of aliphatic hydroxyl groups excluding tert-OH is 1. The molecule has 0 spiro atoms. The van der Waals surface area contributed by atoms with Crippen molar-refractivity contribution in [3.63, 3.8) is 0 Å². The van der Waals surface area contributed by atoms with Crippen LogP contribution in [0.3, 0.4) is 0 Å². The molecule has 0 aromatic heterocycles. The van der Waals surface area contributed by atoms with E-state index in [1.54, 1.807) is 24.3 Å². The summed E-state index contributed by atoms with van der Waals surface area (Å²) in [7, 11) is 0. The maximum absolute atomic E-state index is 12.3. The fourth-order valence-electron chi connectivity index (χ4n) is 3.65. The molecular formula is C19H26N2O3. The van der Waals surface area contributed by atoms with Gasteiger partial charge in [0.2, 0.25) is 0 Å². The van der Waals surface area contributed by atoms with Crippen molar-refractivity contribution in [2.75, 3.05) is 13.2 Å². The molecule has 1 aliphatic carbocycles. The summed E-state index contributed by atoms with van der Waals surface area (Å²) in [5.74, 6) is 0.185. The van der Waals surface area contributed by atoms with Crippen molar-refractivity contribution in [2.45, 2.75) is 51.1 Å². The quantitative estimate of drug-likeness (QED) is 0.717. The van der Waals surface area contributed by atoms with Crippen LogP contribution >= 0.6 is 0 Å². The lowest BCUT2D eigenvalue weighted by Gasteiger charge is -2.32. The Kier molecular flexibility index (Phi) is 4.74. The van der Waals surface area contributed by atoms with Gasteiger partial charge in [0.25, 0.3) is 11.8 Å². The average molecular weight is 330 g/mol. The van der Waals surface area contributed by atoms with Gasteiger partial charge >= 0.3 is 0 Å². The number of carbonyl (C=O) groups excluding carboxylic acids is 2. The smallest absolute Gasteiger partial charge is 0.261 e. The van der Waals surface area contributed by atoms with E-state index in [0.29, 0.717) is 23.6 Å². The van der Waals surface area contributed by atoms with Gasteiger partial charge < -0.3 is 10.4 Å². The molecule has 1 aromatic rings. The summed E-state index contributed by atoms with van der Waals surface area (Å²) in [6.07, 6.45) is 3.96. The van der Waals surface area contributed by atoms with Crippen molar-refractivity contribution in [3.8, 4) is 0 Å². The molecule has 0 radical (unpaired) electrons. The maximum Gasteiger partial charge on any atom is 0.261 e. The zero-order valence-corrected chi connectivity index (χ0v) is 14.4. The van der Waals surface area contributed by atoms with Gasteiger partial charge in [-0.2, -0.15) is 0 Å². The van der Waals surface area contributed by atoms with Crippen LogP contribution in [0.4, 0.5) is 0 Å². The number of hydrogen-bond donors (Lipinski definition) is 2. The van der Waals surface area contributed by atoms with E-state index in [1.165, 1.54) is 17.7 Å². The number of benzene rings is 1. The Bertz CT molecular complexity index is 606. The van der Waals surface area contributed by atoms with Crippen molar-refractivity contribution >= 4 is 11.8 Å². The predicted molar refractivity (Wildman–Crippen MR) is 91.9 cm³/mol. The van der Waals surface area contributed by atoms with Gasteiger partial charge in [0.05, 0.1) is 17.7 Å². The number of hydrogen-bond acceptors (Lipinski definition) is 4. The van der Waals surface area contributed by atoms with E-state index < -0.39 is 0 Å². The van der Waals surface area contributed by atoms with Gasteiger partial charge in [0.1, 0.15) is 0 Å². The molecule has 2 atom stereocenters. The molecule has 24 heavy (non-hydrogen) atoms. The average Bonchev–Trinajstić information content (AvgIpc) is 3.40. The molecule has 0 saturated heterocycles. The van der Waals surface area contributed by atoms with E-state index in [9.17, 15) is 14.7 Å². The summed E-state index contributed by atoms with van der Waals surface area (Å²) in [4.78, 5) is 26.0. The van der Waals surface area contributed by atoms with Crippen LogP contribution in [0.1, 0.15) is 60.2 Å². The largest absolute Gasteiger partial charge is 0.394 e. The monoisotopic (exact) mass is 330 g/mol. The number of nitrogens with one attached hydrogen (secondary N) is 1. The van der Waals surface area contributed by atoms with Crippen molar-refractivity contribution in [1.29, 1.82) is 0 Å². The maximum atomic E-state index is 12.3. The third-order valence-electron chi connectivity index (χ3n) is 5.28. The summed E-state index contributed by atoms with van der Waals surface area (Å²) >= 11 is 0. The van der Waals surface area contributed by atoms with E-state index in [0.717, 1.165) is 12.8 Å². The number of aliphatic hydroxyl groups is 1. The highest BCUT2D eigenvalue weighted by Gasteiger charge is 2.41. The Labute approximate surface area is 143 Å². The molecule has 1 aromatic carbocycles. The van der Waals surface area contributed by atoms with Gasteiger partial charge in [0, 0.05) is 18.1 Å². The molecule has 1 saturated carbocycles. The Balaban J connectivity index is 1.50. The van der Waals surface area contributed by atoms with Crippen LogP contribution < -0.4 is 5.32 Å². The standard InChI is InChI=1S/C19H26N2O3/c1-13(20-19(2,12-22)14-9-10-14)6-5-11-21-17(23)15-7-3-4-8-16(15)18(21)24/h3-4,7-8,13-14,20,22H,5-6,9-12H2,1-2H3. The molecule has 3 rings (SSSR count). The van der Waals surface area contributed by atoms with Gasteiger partial charge in [-0.1, -0.05) is 12.1 Å². The highest BCUT2D eigenvalue weighted by molar-refractivity contribution is 6.21. The minimum Gasteiger partial charge on any atom is -0.394 e. The van der Waals surface area contributed by atoms with Crippen LogP contribution in [0.5, 0.6) is 0 Å². The Hall–Kier alpha value is -1.72. The molecule has 1 aliphatic heterocycles. The van der Waals surface area contributed by atoms with E-state index in [2.05, 4.69) is 19.2 Å². The minimum atomic E-state index is -0.213. The van der Waals surface area contributed by atoms with Crippen molar-refractivity contribution in [1.82, 2.24) is 10.2 Å². The molecule has 1 fully saturated rings. The number of amides is 2. The van der Waals surface area contributed by atoms with Crippen molar-refractivity contribution in [3.05, 3.63) is 35.4 Å². The molecule has 1 heterocycles. The highest BCUT2D eigenvalue weighted by atomic mass is 16.3. The van der Waals surface area contributed by atoms with Gasteiger partial charge in [0.15, 0.2) is 0 Å². The Morgan fingerprint density at radius 2 is 1.83 bits per heavy atom. The summed E-state index contributed by atoms with van der Waals surface area (Å²) < 4.78 is 0. The molecule has 0 bridgehead atoms. The van der Waals surface area contributed by atoms with Crippen LogP contribution in [-0.4, -0.2) is 46.6 Å². The van der Waals surface area contributed by atoms with Crippen molar-refractivity contribution in [2.24, 2.45) is 5.92 Å². The molecule has 130 valence electrons. The summed E-state index contributed by atoms with van der Waals surface area (Å²) in [5.41, 5.74) is 0.806. The van der Waals surface area contributed by atoms with E-state index in [1.807, 2.05) is 0 Å². The molecule has 2 aliphatic rings. The lowest BCUT2D eigenvalue weighted by Crippen LogP contribution is -2.51. The number of carbonyl (C=O) groups is 2. The third kappa shape index (κ3) is 3.23. The van der Waals surface area contributed by atoms with Gasteiger partial charge in [-0.25, -0.2) is 0 Å². The molecule has 5 nitrogen and oxygen atoms in total. The molecule has 5 heteroatoms. The number of nitrogens with zero attached hydrogens (tertiary/aromatic N) is 1. The zero-order valence-electron chi connectivity index (χ0n) is 14.4. The van der Waals surface area contributed by atoms with Crippen LogP contribution in [0.25, 0.3) is 0 Å². The second-order valence-corrected chi connectivity index (χ2v) is 7.34. The first-order valence-corrected chi connectivity index (χ1v) is 8.80. The molecule has 2 unspecified atom stereocenters. The van der Waals surface area contributed by atoms with Crippen LogP contribution in [0.15, 0.2) is 24.3 Å². The van der Waals surface area contributed by atoms with Crippen LogP contribution in [0, 0.1) is 5.92 Å². The fraction of sp³-hybridized carbons (Fsp3) is 0.579. The van der Waals surface area contributed by atoms with Gasteiger partial charge in [-0.3, -0.25) is 14.5 Å². The number of fused-ring (bicyclic) bond motifs is 1. The SMILES string of the molecule is CC(CCCN1C(=O)c2ccccc2C1=O)NC(C)(CO)C1CC1. The predicted octanol–water partition coefficient (Wildman–Crippen LogP) is 2.20. The van der Waals surface area contributed by atoms with Crippen LogP contribution in [-0.2, 0) is 0 Å². The number of rotatable bonds is 8. The Morgan fingerprint density at radius 1 is 1.25 bits per heavy atom. The summed E-state index contributed by atoms with van der Waals surface area (Å²) in [5, 5.41) is 13.2. The topological polar surface area (TPSA) is 69.6 Å². The first kappa shape index (κ1) is 17.1. The lowest BCUT2D eigenvalue weighted by molar-refractivity contribution is 0.0649. The fourth-order valence-corrected chi connectivity index (χ4v) is 3.65. The van der Waals surface area contributed by atoms with E-state index >= 15 is 0 Å². The normalized spacial score (nSPS) is 20.9. The lowest BCUT2D eigenvalue weighted by atomic mass is 9.95. The second-order valence-electron chi connectivity index (χ2n) is 7.34. The summed E-state index contributed by atoms with van der Waals surface area (Å²) in [6, 6.07) is 7.22. The first-order valence-electron chi connectivity index (χ1n) is 8.80. The van der Waals surface area contributed by atoms with Crippen molar-refractivity contribution < 1.29 is 14.7 Å². The Morgan fingerprint density at radius 3 is 2.33 bits per heavy atom. The van der Waals surface area contributed by atoms with E-state index in [-0.39, 0.29) is 30.0 Å². The van der Waals surface area contributed by atoms with Gasteiger partial charge in [-0.15, -0.1) is 0 Å². The zero-order chi connectivity index (χ0) is 17.3.